The third-order valence-corrected chi connectivity index (χ3v) is 9.15. The molecule has 0 radical (unpaired) electrons. The van der Waals surface area contributed by atoms with E-state index in [0.29, 0.717) is 0 Å². The van der Waals surface area contributed by atoms with Crippen molar-refractivity contribution in [2.75, 3.05) is 0 Å². The van der Waals surface area contributed by atoms with Gasteiger partial charge in [-0.1, -0.05) is 133 Å². The highest BCUT2D eigenvalue weighted by atomic mass is 16.5. The van der Waals surface area contributed by atoms with Gasteiger partial charge in [0, 0.05) is 10.9 Å². The average Bonchev–Trinajstić information content (AvgIpc) is 3.36. The van der Waals surface area contributed by atoms with Crippen LogP contribution in [0.4, 0.5) is 0 Å². The van der Waals surface area contributed by atoms with E-state index in [1.165, 1.54) is 55.3 Å². The standard InChI is InChI=1S/C41H26O/c1-3-13-30(14-4-1)41(31-15-5-2-6-16-31)36-19-8-7-17-32(36)33-23-21-28(25-37(33)41)29-22-24-34-35-18-9-11-27-12-10-20-38(40(27)35)42-39(34)26-29/h1-26H. The smallest absolute Gasteiger partial charge is 0.135 e. The van der Waals surface area contributed by atoms with E-state index in [1.807, 2.05) is 0 Å². The molecule has 1 nitrogen and oxygen atoms in total. The van der Waals surface area contributed by atoms with Crippen molar-refractivity contribution < 1.29 is 4.74 Å². The van der Waals surface area contributed by atoms with Crippen LogP contribution in [0.25, 0.3) is 44.2 Å². The molecule has 0 amide bonds. The van der Waals surface area contributed by atoms with Gasteiger partial charge in [-0.15, -0.1) is 0 Å². The van der Waals surface area contributed by atoms with Crippen LogP contribution in [0.2, 0.25) is 0 Å². The van der Waals surface area contributed by atoms with Crippen LogP contribution in [0, 0.1) is 0 Å². The number of benzene rings is 7. The third kappa shape index (κ3) is 3.14. The van der Waals surface area contributed by atoms with Crippen LogP contribution in [0.15, 0.2) is 158 Å². The van der Waals surface area contributed by atoms with Crippen molar-refractivity contribution in [1.29, 1.82) is 0 Å². The van der Waals surface area contributed by atoms with Crippen LogP contribution in [0.3, 0.4) is 0 Å². The van der Waals surface area contributed by atoms with E-state index >= 15 is 0 Å². The molecule has 0 unspecified atom stereocenters. The number of ether oxygens (including phenoxy) is 1. The van der Waals surface area contributed by atoms with Crippen molar-refractivity contribution in [3.63, 3.8) is 0 Å². The first kappa shape index (κ1) is 23.3. The predicted octanol–water partition coefficient (Wildman–Crippen LogP) is 10.6. The number of hydrogen-bond donors (Lipinski definition) is 0. The second-order valence-electron chi connectivity index (χ2n) is 11.3. The molecule has 0 bridgehead atoms. The monoisotopic (exact) mass is 534 g/mol. The highest BCUT2D eigenvalue weighted by Crippen LogP contribution is 2.57. The Morgan fingerprint density at radius 2 is 0.976 bits per heavy atom. The molecule has 1 aliphatic heterocycles. The first-order chi connectivity index (χ1) is 20.8. The van der Waals surface area contributed by atoms with Crippen molar-refractivity contribution in [1.82, 2.24) is 0 Å². The molecule has 0 aromatic heterocycles. The summed E-state index contributed by atoms with van der Waals surface area (Å²) in [5.41, 5.74) is 12.1. The average molecular weight is 535 g/mol. The van der Waals surface area contributed by atoms with E-state index < -0.39 is 5.41 Å². The summed E-state index contributed by atoms with van der Waals surface area (Å²) in [4.78, 5) is 0. The zero-order valence-electron chi connectivity index (χ0n) is 22.9. The van der Waals surface area contributed by atoms with Crippen molar-refractivity contribution in [2.24, 2.45) is 0 Å². The van der Waals surface area contributed by atoms with Crippen LogP contribution in [0.5, 0.6) is 11.5 Å². The lowest BCUT2D eigenvalue weighted by atomic mass is 9.67. The summed E-state index contributed by atoms with van der Waals surface area (Å²) in [6.45, 7) is 0. The first-order valence-corrected chi connectivity index (χ1v) is 14.5. The Labute approximate surface area is 245 Å². The van der Waals surface area contributed by atoms with Crippen LogP contribution >= 0.6 is 0 Å². The highest BCUT2D eigenvalue weighted by molar-refractivity contribution is 6.04. The molecule has 0 spiro atoms. The Morgan fingerprint density at radius 1 is 0.381 bits per heavy atom. The minimum absolute atomic E-state index is 0.413. The second kappa shape index (κ2) is 8.80. The topological polar surface area (TPSA) is 9.23 Å². The molecule has 0 N–H and O–H groups in total. The van der Waals surface area contributed by atoms with Gasteiger partial charge in [0.1, 0.15) is 11.5 Å². The van der Waals surface area contributed by atoms with Gasteiger partial charge in [0.25, 0.3) is 0 Å². The Kier molecular flexibility index (Phi) is 4.88. The number of rotatable bonds is 3. The van der Waals surface area contributed by atoms with Gasteiger partial charge in [-0.2, -0.15) is 0 Å². The maximum atomic E-state index is 6.53. The Bertz CT molecular complexity index is 2110. The molecule has 0 fully saturated rings. The lowest BCUT2D eigenvalue weighted by molar-refractivity contribution is 0.487. The zero-order valence-corrected chi connectivity index (χ0v) is 22.9. The Morgan fingerprint density at radius 3 is 1.74 bits per heavy atom. The van der Waals surface area contributed by atoms with E-state index in [2.05, 4.69) is 158 Å². The Balaban J connectivity index is 1.27. The third-order valence-electron chi connectivity index (χ3n) is 9.15. The second-order valence-corrected chi connectivity index (χ2v) is 11.3. The summed E-state index contributed by atoms with van der Waals surface area (Å²) in [5, 5.41) is 2.39. The maximum Gasteiger partial charge on any atom is 0.135 e. The molecule has 1 heterocycles. The van der Waals surface area contributed by atoms with E-state index in [9.17, 15) is 0 Å². The normalized spacial score (nSPS) is 13.6. The summed E-state index contributed by atoms with van der Waals surface area (Å²) < 4.78 is 6.53. The van der Waals surface area contributed by atoms with Crippen LogP contribution in [-0.2, 0) is 5.41 Å². The molecule has 2 aliphatic rings. The van der Waals surface area contributed by atoms with E-state index in [1.54, 1.807) is 0 Å². The van der Waals surface area contributed by atoms with E-state index in [4.69, 9.17) is 4.74 Å². The molecule has 0 saturated heterocycles. The number of hydrogen-bond acceptors (Lipinski definition) is 1. The lowest BCUT2D eigenvalue weighted by Gasteiger charge is -2.34. The minimum atomic E-state index is -0.413. The fourth-order valence-electron chi connectivity index (χ4n) is 7.37. The fourth-order valence-corrected chi connectivity index (χ4v) is 7.37. The molecule has 0 atom stereocenters. The molecule has 1 heteroatoms. The molecule has 9 rings (SSSR count). The molecular formula is C41H26O. The summed E-state index contributed by atoms with van der Waals surface area (Å²) in [6, 6.07) is 57.3. The molecule has 42 heavy (non-hydrogen) atoms. The zero-order chi connectivity index (χ0) is 27.7. The van der Waals surface area contributed by atoms with Crippen molar-refractivity contribution >= 4 is 10.8 Å². The Hall–Kier alpha value is -5.40. The number of fused-ring (bicyclic) bond motifs is 5. The predicted molar refractivity (Wildman–Crippen MR) is 172 cm³/mol. The van der Waals surface area contributed by atoms with Crippen molar-refractivity contribution in [3.05, 3.63) is 180 Å². The molecule has 7 aromatic rings. The molecule has 0 saturated carbocycles. The van der Waals surface area contributed by atoms with Gasteiger partial charge in [0.2, 0.25) is 0 Å². The largest absolute Gasteiger partial charge is 0.456 e. The molecule has 7 aromatic carbocycles. The van der Waals surface area contributed by atoms with Gasteiger partial charge in [0.05, 0.1) is 5.41 Å². The SMILES string of the molecule is c1ccc(C2(c3ccccc3)c3ccccc3-c3ccc(-c4ccc5c(c4)Oc4cccc6cccc-5c46)cc32)cc1. The highest BCUT2D eigenvalue weighted by Gasteiger charge is 2.46. The van der Waals surface area contributed by atoms with E-state index in [-0.39, 0.29) is 0 Å². The summed E-state index contributed by atoms with van der Waals surface area (Å²) in [6.07, 6.45) is 0. The fraction of sp³-hybridized carbons (Fsp3) is 0.0244. The van der Waals surface area contributed by atoms with Gasteiger partial charge in [0.15, 0.2) is 0 Å². The van der Waals surface area contributed by atoms with E-state index in [0.717, 1.165) is 22.6 Å². The van der Waals surface area contributed by atoms with Crippen LogP contribution < -0.4 is 4.74 Å². The van der Waals surface area contributed by atoms with Gasteiger partial charge < -0.3 is 4.74 Å². The van der Waals surface area contributed by atoms with Crippen molar-refractivity contribution in [2.45, 2.75) is 5.41 Å². The van der Waals surface area contributed by atoms with Crippen LogP contribution in [0.1, 0.15) is 22.3 Å². The van der Waals surface area contributed by atoms with Gasteiger partial charge >= 0.3 is 0 Å². The summed E-state index contributed by atoms with van der Waals surface area (Å²) >= 11 is 0. The molecular weight excluding hydrogens is 508 g/mol. The lowest BCUT2D eigenvalue weighted by Crippen LogP contribution is -2.28. The van der Waals surface area contributed by atoms with Gasteiger partial charge in [-0.3, -0.25) is 0 Å². The van der Waals surface area contributed by atoms with Crippen molar-refractivity contribution in [3.8, 4) is 44.9 Å². The molecule has 1 aliphatic carbocycles. The van der Waals surface area contributed by atoms with Crippen LogP contribution in [-0.4, -0.2) is 0 Å². The van der Waals surface area contributed by atoms with Gasteiger partial charge in [-0.25, -0.2) is 0 Å². The quantitative estimate of drug-likeness (QED) is 0.219. The summed E-state index contributed by atoms with van der Waals surface area (Å²) in [7, 11) is 0. The summed E-state index contributed by atoms with van der Waals surface area (Å²) in [5.74, 6) is 1.82. The minimum Gasteiger partial charge on any atom is -0.456 e. The van der Waals surface area contributed by atoms with Gasteiger partial charge in [-0.05, 0) is 79.7 Å². The maximum absolute atomic E-state index is 6.53. The molecule has 196 valence electrons. The first-order valence-electron chi connectivity index (χ1n) is 14.5.